The van der Waals surface area contributed by atoms with Crippen LogP contribution in [-0.4, -0.2) is 87.3 Å². The van der Waals surface area contributed by atoms with Crippen LogP contribution in [0.15, 0.2) is 30.5 Å². The Hall–Kier alpha value is -4.01. The van der Waals surface area contributed by atoms with Crippen LogP contribution in [0.3, 0.4) is 0 Å². The van der Waals surface area contributed by atoms with Gasteiger partial charge in [-0.05, 0) is 37.4 Å². The fraction of sp³-hybridized carbons (Fsp3) is 0.458. The topological polar surface area (TPSA) is 250 Å². The number of aliphatic hydroxyl groups is 1. The second kappa shape index (κ2) is 14.7. The molecule has 1 aromatic heterocycles. The Morgan fingerprint density at radius 1 is 0.895 bits per heavy atom. The Morgan fingerprint density at radius 2 is 1.53 bits per heavy atom. The molecule has 3 amide bonds. The van der Waals surface area contributed by atoms with Crippen LogP contribution in [0.2, 0.25) is 0 Å². The van der Waals surface area contributed by atoms with Crippen molar-refractivity contribution in [3.63, 3.8) is 0 Å². The third kappa shape index (κ3) is 8.83. The monoisotopic (exact) mass is 534 g/mol. The standard InChI is InChI=1S/C24H34N6O8/c25-8-4-3-7-17(24(37)38)28-23(36)19(10-20(32)33)30-22(35)18(29-21(34)15(26)12-31)9-13-11-27-16-6-2-1-5-14(13)16/h1-2,5-6,11,15,17-19,27,31H,3-4,7-10,12,25-26H2,(H,28,36)(H,29,34)(H,30,35)(H,32,33)(H,37,38). The van der Waals surface area contributed by atoms with Crippen LogP contribution in [0.5, 0.6) is 0 Å². The van der Waals surface area contributed by atoms with Crippen LogP contribution in [0.4, 0.5) is 0 Å². The van der Waals surface area contributed by atoms with Gasteiger partial charge < -0.3 is 47.7 Å². The molecule has 1 aromatic carbocycles. The molecule has 4 unspecified atom stereocenters. The van der Waals surface area contributed by atoms with Gasteiger partial charge in [-0.3, -0.25) is 19.2 Å². The van der Waals surface area contributed by atoms with Gasteiger partial charge in [0.25, 0.3) is 0 Å². The summed E-state index contributed by atoms with van der Waals surface area (Å²) in [5.41, 5.74) is 12.4. The Balaban J connectivity index is 2.26. The van der Waals surface area contributed by atoms with Gasteiger partial charge in [0.15, 0.2) is 0 Å². The van der Waals surface area contributed by atoms with Gasteiger partial charge in [-0.15, -0.1) is 0 Å². The zero-order chi connectivity index (χ0) is 28.2. The van der Waals surface area contributed by atoms with Crippen molar-refractivity contribution in [2.24, 2.45) is 11.5 Å². The van der Waals surface area contributed by atoms with E-state index in [0.29, 0.717) is 24.9 Å². The molecule has 0 spiro atoms. The number of unbranched alkanes of at least 4 members (excludes halogenated alkanes) is 1. The molecule has 1 heterocycles. The number of carboxylic acid groups (broad SMARTS) is 2. The van der Waals surface area contributed by atoms with Crippen LogP contribution >= 0.6 is 0 Å². The van der Waals surface area contributed by atoms with Crippen molar-refractivity contribution < 1.29 is 39.3 Å². The molecule has 0 radical (unpaired) electrons. The van der Waals surface area contributed by atoms with Crippen molar-refractivity contribution in [2.75, 3.05) is 13.2 Å². The fourth-order valence-corrected chi connectivity index (χ4v) is 3.77. The SMILES string of the molecule is NCCCCC(NC(=O)C(CC(=O)O)NC(=O)C(Cc1c[nH]c2ccccc12)NC(=O)C(N)CO)C(=O)O. The highest BCUT2D eigenvalue weighted by Crippen LogP contribution is 2.19. The van der Waals surface area contributed by atoms with Crippen molar-refractivity contribution in [3.8, 4) is 0 Å². The molecule has 14 nitrogen and oxygen atoms in total. The lowest BCUT2D eigenvalue weighted by Crippen LogP contribution is -2.58. The number of hydrogen-bond acceptors (Lipinski definition) is 8. The van der Waals surface area contributed by atoms with Gasteiger partial charge in [-0.25, -0.2) is 4.79 Å². The molecular weight excluding hydrogens is 500 g/mol. The maximum atomic E-state index is 13.2. The van der Waals surface area contributed by atoms with E-state index in [9.17, 15) is 39.3 Å². The van der Waals surface area contributed by atoms with E-state index in [1.54, 1.807) is 18.3 Å². The summed E-state index contributed by atoms with van der Waals surface area (Å²) in [5, 5.41) is 35.7. The number of benzene rings is 1. The summed E-state index contributed by atoms with van der Waals surface area (Å²) >= 11 is 0. The van der Waals surface area contributed by atoms with E-state index in [2.05, 4.69) is 20.9 Å². The Morgan fingerprint density at radius 3 is 2.16 bits per heavy atom. The van der Waals surface area contributed by atoms with E-state index in [4.69, 9.17) is 11.5 Å². The predicted octanol–water partition coefficient (Wildman–Crippen LogP) is -1.83. The zero-order valence-electron chi connectivity index (χ0n) is 20.7. The number of rotatable bonds is 16. The second-order valence-electron chi connectivity index (χ2n) is 8.76. The first-order valence-electron chi connectivity index (χ1n) is 12.0. The number of aliphatic carboxylic acids is 2. The molecule has 0 bridgehead atoms. The number of aromatic amines is 1. The first-order valence-corrected chi connectivity index (χ1v) is 12.0. The van der Waals surface area contributed by atoms with E-state index in [-0.39, 0.29) is 12.8 Å². The maximum absolute atomic E-state index is 13.2. The lowest BCUT2D eigenvalue weighted by molar-refractivity contribution is -0.143. The number of carboxylic acids is 2. The molecule has 11 N–H and O–H groups in total. The van der Waals surface area contributed by atoms with Crippen LogP contribution < -0.4 is 27.4 Å². The smallest absolute Gasteiger partial charge is 0.326 e. The summed E-state index contributed by atoms with van der Waals surface area (Å²) < 4.78 is 0. The van der Waals surface area contributed by atoms with Gasteiger partial charge in [0.1, 0.15) is 24.2 Å². The predicted molar refractivity (Wildman–Crippen MR) is 136 cm³/mol. The van der Waals surface area contributed by atoms with Crippen molar-refractivity contribution >= 4 is 40.6 Å². The van der Waals surface area contributed by atoms with Crippen LogP contribution in [-0.2, 0) is 30.4 Å². The van der Waals surface area contributed by atoms with Crippen LogP contribution in [0, 0.1) is 0 Å². The average Bonchev–Trinajstić information content (AvgIpc) is 3.29. The van der Waals surface area contributed by atoms with E-state index in [0.717, 1.165) is 10.9 Å². The van der Waals surface area contributed by atoms with Gasteiger partial charge in [0, 0.05) is 23.5 Å². The van der Waals surface area contributed by atoms with E-state index < -0.39 is 66.9 Å². The van der Waals surface area contributed by atoms with E-state index in [1.807, 2.05) is 12.1 Å². The van der Waals surface area contributed by atoms with Crippen LogP contribution in [0.1, 0.15) is 31.2 Å². The van der Waals surface area contributed by atoms with Gasteiger partial charge in [-0.1, -0.05) is 18.2 Å². The summed E-state index contributed by atoms with van der Waals surface area (Å²) in [6.45, 7) is -0.348. The highest BCUT2D eigenvalue weighted by Gasteiger charge is 2.32. The number of aliphatic hydroxyl groups excluding tert-OH is 1. The number of nitrogens with two attached hydrogens (primary N) is 2. The lowest BCUT2D eigenvalue weighted by Gasteiger charge is -2.24. The van der Waals surface area contributed by atoms with E-state index >= 15 is 0 Å². The minimum absolute atomic E-state index is 0.0576. The fourth-order valence-electron chi connectivity index (χ4n) is 3.77. The van der Waals surface area contributed by atoms with Crippen LogP contribution in [0.25, 0.3) is 10.9 Å². The molecule has 38 heavy (non-hydrogen) atoms. The molecule has 2 rings (SSSR count). The summed E-state index contributed by atoms with van der Waals surface area (Å²) in [6.07, 6.45) is 1.75. The number of fused-ring (bicyclic) bond motifs is 1. The molecule has 0 aliphatic rings. The number of H-pyrrole nitrogens is 1. The third-order valence-corrected chi connectivity index (χ3v) is 5.84. The highest BCUT2D eigenvalue weighted by molar-refractivity contribution is 5.96. The normalized spacial score (nSPS) is 14.2. The zero-order valence-corrected chi connectivity index (χ0v) is 20.7. The maximum Gasteiger partial charge on any atom is 0.326 e. The molecule has 0 aliphatic carbocycles. The quantitative estimate of drug-likeness (QED) is 0.109. The van der Waals surface area contributed by atoms with Crippen molar-refractivity contribution in [1.29, 1.82) is 0 Å². The van der Waals surface area contributed by atoms with E-state index in [1.165, 1.54) is 0 Å². The number of para-hydroxylation sites is 1. The second-order valence-corrected chi connectivity index (χ2v) is 8.76. The lowest BCUT2D eigenvalue weighted by atomic mass is 10.0. The summed E-state index contributed by atoms with van der Waals surface area (Å²) in [4.78, 5) is 64.5. The summed E-state index contributed by atoms with van der Waals surface area (Å²) in [5.74, 6) is -5.48. The number of aromatic nitrogens is 1. The average molecular weight is 535 g/mol. The van der Waals surface area contributed by atoms with Gasteiger partial charge in [0.05, 0.1) is 13.0 Å². The van der Waals surface area contributed by atoms with Gasteiger partial charge in [0.2, 0.25) is 17.7 Å². The van der Waals surface area contributed by atoms with Gasteiger partial charge in [-0.2, -0.15) is 0 Å². The highest BCUT2D eigenvalue weighted by atomic mass is 16.4. The molecule has 2 aromatic rings. The molecule has 208 valence electrons. The Labute approximate surface area is 218 Å². The molecule has 4 atom stereocenters. The minimum Gasteiger partial charge on any atom is -0.481 e. The molecule has 14 heteroatoms. The minimum atomic E-state index is -1.63. The third-order valence-electron chi connectivity index (χ3n) is 5.84. The van der Waals surface area contributed by atoms with Crippen molar-refractivity contribution in [2.45, 2.75) is 56.3 Å². The molecular formula is C24H34N6O8. The largest absolute Gasteiger partial charge is 0.481 e. The Bertz CT molecular complexity index is 1140. The summed E-state index contributed by atoms with van der Waals surface area (Å²) in [6, 6.07) is 1.64. The molecule has 0 saturated carbocycles. The summed E-state index contributed by atoms with van der Waals surface area (Å²) in [7, 11) is 0. The first-order chi connectivity index (χ1) is 18.1. The number of amides is 3. The molecule has 0 aliphatic heterocycles. The molecule has 0 fully saturated rings. The van der Waals surface area contributed by atoms with Gasteiger partial charge >= 0.3 is 11.9 Å². The van der Waals surface area contributed by atoms with Crippen molar-refractivity contribution in [1.82, 2.24) is 20.9 Å². The van der Waals surface area contributed by atoms with Crippen molar-refractivity contribution in [3.05, 3.63) is 36.0 Å². The number of hydrogen-bond donors (Lipinski definition) is 9. The number of nitrogens with one attached hydrogen (secondary N) is 4. The molecule has 0 saturated heterocycles. The first kappa shape index (κ1) is 30.2. The number of carbonyl (C=O) groups is 5. The Kier molecular flexibility index (Phi) is 11.7. The number of carbonyl (C=O) groups excluding carboxylic acids is 3.